The Labute approximate surface area is 112 Å². The van der Waals surface area contributed by atoms with Gasteiger partial charge in [0.05, 0.1) is 5.02 Å². The molecule has 0 spiro atoms. The highest BCUT2D eigenvalue weighted by atomic mass is 35.5. The molecule has 0 bridgehead atoms. The summed E-state index contributed by atoms with van der Waals surface area (Å²) in [4.78, 5) is 4.13. The lowest BCUT2D eigenvalue weighted by Gasteiger charge is -2.08. The van der Waals surface area contributed by atoms with Crippen molar-refractivity contribution in [1.29, 1.82) is 0 Å². The first-order valence-corrected chi connectivity index (χ1v) is 6.22. The molecular formula is C14H15ClN2O. The standard InChI is InChI=1S/C14H15ClN2O/c1-2-10-4-3-5-12(6-10)18-14-7-11(8-16)13(15)9-17-14/h3-7,9H,2,8,16H2,1H3. The maximum Gasteiger partial charge on any atom is 0.219 e. The zero-order chi connectivity index (χ0) is 13.0. The molecule has 0 saturated heterocycles. The predicted molar refractivity (Wildman–Crippen MR) is 73.0 cm³/mol. The molecule has 2 N–H and O–H groups in total. The van der Waals surface area contributed by atoms with Crippen molar-refractivity contribution in [3.8, 4) is 11.6 Å². The summed E-state index contributed by atoms with van der Waals surface area (Å²) >= 11 is 5.95. The summed E-state index contributed by atoms with van der Waals surface area (Å²) in [6.07, 6.45) is 2.53. The van der Waals surface area contributed by atoms with Gasteiger partial charge in [0.15, 0.2) is 0 Å². The van der Waals surface area contributed by atoms with E-state index in [0.717, 1.165) is 17.7 Å². The number of aryl methyl sites for hydroxylation is 1. The van der Waals surface area contributed by atoms with E-state index in [1.54, 1.807) is 12.3 Å². The third-order valence-electron chi connectivity index (χ3n) is 2.66. The fourth-order valence-corrected chi connectivity index (χ4v) is 1.80. The van der Waals surface area contributed by atoms with Crippen LogP contribution in [0.5, 0.6) is 11.6 Å². The number of hydrogen-bond donors (Lipinski definition) is 1. The van der Waals surface area contributed by atoms with Gasteiger partial charge in [-0.25, -0.2) is 4.98 Å². The smallest absolute Gasteiger partial charge is 0.219 e. The molecule has 0 saturated carbocycles. The molecule has 0 aliphatic carbocycles. The van der Waals surface area contributed by atoms with Crippen LogP contribution < -0.4 is 10.5 Å². The Morgan fingerprint density at radius 1 is 1.33 bits per heavy atom. The number of nitrogens with zero attached hydrogens (tertiary/aromatic N) is 1. The zero-order valence-electron chi connectivity index (χ0n) is 10.2. The van der Waals surface area contributed by atoms with Gasteiger partial charge in [-0.05, 0) is 29.7 Å². The van der Waals surface area contributed by atoms with E-state index in [1.165, 1.54) is 5.56 Å². The van der Waals surface area contributed by atoms with Crippen molar-refractivity contribution >= 4 is 11.6 Å². The monoisotopic (exact) mass is 262 g/mol. The predicted octanol–water partition coefficient (Wildman–Crippen LogP) is 3.55. The van der Waals surface area contributed by atoms with Gasteiger partial charge in [0.2, 0.25) is 5.88 Å². The number of nitrogens with two attached hydrogens (primary N) is 1. The van der Waals surface area contributed by atoms with Gasteiger partial charge in [-0.1, -0.05) is 30.7 Å². The minimum Gasteiger partial charge on any atom is -0.439 e. The van der Waals surface area contributed by atoms with Gasteiger partial charge < -0.3 is 10.5 Å². The van der Waals surface area contributed by atoms with Crippen LogP contribution in [-0.2, 0) is 13.0 Å². The molecule has 3 nitrogen and oxygen atoms in total. The quantitative estimate of drug-likeness (QED) is 0.917. The van der Waals surface area contributed by atoms with Crippen molar-refractivity contribution in [3.63, 3.8) is 0 Å². The lowest BCUT2D eigenvalue weighted by Crippen LogP contribution is -1.99. The summed E-state index contributed by atoms with van der Waals surface area (Å²) in [7, 11) is 0. The van der Waals surface area contributed by atoms with Crippen molar-refractivity contribution in [1.82, 2.24) is 4.98 Å². The average Bonchev–Trinajstić information content (AvgIpc) is 2.41. The molecule has 0 unspecified atom stereocenters. The third-order valence-corrected chi connectivity index (χ3v) is 3.00. The summed E-state index contributed by atoms with van der Waals surface area (Å²) < 4.78 is 5.69. The van der Waals surface area contributed by atoms with Gasteiger partial charge in [-0.2, -0.15) is 0 Å². The van der Waals surface area contributed by atoms with Crippen molar-refractivity contribution in [2.75, 3.05) is 0 Å². The molecule has 2 rings (SSSR count). The Balaban J connectivity index is 2.22. The number of hydrogen-bond acceptors (Lipinski definition) is 3. The van der Waals surface area contributed by atoms with E-state index >= 15 is 0 Å². The highest BCUT2D eigenvalue weighted by Crippen LogP contribution is 2.24. The number of aromatic nitrogens is 1. The Hall–Kier alpha value is -1.58. The SMILES string of the molecule is CCc1cccc(Oc2cc(CN)c(Cl)cn2)c1. The molecule has 1 aromatic carbocycles. The minimum absolute atomic E-state index is 0.368. The Kier molecular flexibility index (Phi) is 4.18. The molecule has 0 atom stereocenters. The lowest BCUT2D eigenvalue weighted by molar-refractivity contribution is 0.461. The van der Waals surface area contributed by atoms with Crippen LogP contribution >= 0.6 is 11.6 Å². The fraction of sp³-hybridized carbons (Fsp3) is 0.214. The Morgan fingerprint density at radius 2 is 2.17 bits per heavy atom. The summed E-state index contributed by atoms with van der Waals surface area (Å²) in [6, 6.07) is 9.69. The highest BCUT2D eigenvalue weighted by Gasteiger charge is 2.04. The Bertz CT molecular complexity index is 543. The van der Waals surface area contributed by atoms with Crippen molar-refractivity contribution in [2.45, 2.75) is 19.9 Å². The summed E-state index contributed by atoms with van der Waals surface area (Å²) in [5.41, 5.74) is 7.64. The summed E-state index contributed by atoms with van der Waals surface area (Å²) in [5, 5.41) is 0.562. The largest absolute Gasteiger partial charge is 0.439 e. The molecule has 94 valence electrons. The molecule has 0 aliphatic heterocycles. The number of benzene rings is 1. The van der Waals surface area contributed by atoms with Gasteiger partial charge in [0, 0.05) is 18.8 Å². The minimum atomic E-state index is 0.368. The molecular weight excluding hydrogens is 248 g/mol. The molecule has 2 aromatic rings. The molecule has 0 fully saturated rings. The average molecular weight is 263 g/mol. The number of pyridine rings is 1. The van der Waals surface area contributed by atoms with Crippen LogP contribution in [0.15, 0.2) is 36.5 Å². The normalized spacial score (nSPS) is 10.4. The molecule has 4 heteroatoms. The molecule has 0 aliphatic rings. The number of ether oxygens (including phenoxy) is 1. The van der Waals surface area contributed by atoms with Gasteiger partial charge in [0.1, 0.15) is 5.75 Å². The van der Waals surface area contributed by atoms with E-state index in [4.69, 9.17) is 22.1 Å². The summed E-state index contributed by atoms with van der Waals surface area (Å²) in [6.45, 7) is 2.47. The second-order valence-electron chi connectivity index (χ2n) is 3.92. The molecule has 0 radical (unpaired) electrons. The zero-order valence-corrected chi connectivity index (χ0v) is 10.9. The third kappa shape index (κ3) is 3.00. The second-order valence-corrected chi connectivity index (χ2v) is 4.33. The van der Waals surface area contributed by atoms with E-state index in [9.17, 15) is 0 Å². The van der Waals surface area contributed by atoms with Crippen LogP contribution in [-0.4, -0.2) is 4.98 Å². The topological polar surface area (TPSA) is 48.1 Å². The van der Waals surface area contributed by atoms with Gasteiger partial charge >= 0.3 is 0 Å². The van der Waals surface area contributed by atoms with Crippen LogP contribution in [0.1, 0.15) is 18.1 Å². The van der Waals surface area contributed by atoms with Crippen molar-refractivity contribution < 1.29 is 4.74 Å². The molecule has 18 heavy (non-hydrogen) atoms. The maximum atomic E-state index is 5.95. The first kappa shape index (κ1) is 12.9. The summed E-state index contributed by atoms with van der Waals surface area (Å²) in [5.74, 6) is 1.28. The van der Waals surface area contributed by atoms with Crippen LogP contribution in [0, 0.1) is 0 Å². The number of halogens is 1. The van der Waals surface area contributed by atoms with E-state index < -0.39 is 0 Å². The first-order chi connectivity index (χ1) is 8.72. The van der Waals surface area contributed by atoms with Crippen LogP contribution in [0.3, 0.4) is 0 Å². The first-order valence-electron chi connectivity index (χ1n) is 5.84. The van der Waals surface area contributed by atoms with Crippen molar-refractivity contribution in [3.05, 3.63) is 52.7 Å². The second kappa shape index (κ2) is 5.85. The molecule has 1 heterocycles. The van der Waals surface area contributed by atoms with Gasteiger partial charge in [-0.3, -0.25) is 0 Å². The Morgan fingerprint density at radius 3 is 2.89 bits per heavy atom. The van der Waals surface area contributed by atoms with E-state index in [0.29, 0.717) is 17.4 Å². The number of rotatable bonds is 4. The highest BCUT2D eigenvalue weighted by molar-refractivity contribution is 6.31. The molecule has 1 aromatic heterocycles. The van der Waals surface area contributed by atoms with E-state index in [-0.39, 0.29) is 0 Å². The van der Waals surface area contributed by atoms with Gasteiger partial charge in [0.25, 0.3) is 0 Å². The van der Waals surface area contributed by atoms with Gasteiger partial charge in [-0.15, -0.1) is 0 Å². The van der Waals surface area contributed by atoms with Crippen LogP contribution in [0.25, 0.3) is 0 Å². The maximum absolute atomic E-state index is 5.95. The van der Waals surface area contributed by atoms with E-state index in [1.807, 2.05) is 18.2 Å². The van der Waals surface area contributed by atoms with E-state index in [2.05, 4.69) is 18.0 Å². The van der Waals surface area contributed by atoms with Crippen LogP contribution in [0.2, 0.25) is 5.02 Å². The molecule has 0 amide bonds. The lowest BCUT2D eigenvalue weighted by atomic mass is 10.2. The van der Waals surface area contributed by atoms with Crippen molar-refractivity contribution in [2.24, 2.45) is 5.73 Å². The fourth-order valence-electron chi connectivity index (χ4n) is 1.62. The van der Waals surface area contributed by atoms with Crippen LogP contribution in [0.4, 0.5) is 0 Å².